The number of carbonyl (C=O) groups excluding carboxylic acids is 2. The zero-order chi connectivity index (χ0) is 20.9. The molecule has 3 heterocycles. The van der Waals surface area contributed by atoms with E-state index in [1.54, 1.807) is 6.20 Å². The molecular weight excluding hydrogens is 366 g/mol. The summed E-state index contributed by atoms with van der Waals surface area (Å²) in [4.78, 5) is 33.9. The summed E-state index contributed by atoms with van der Waals surface area (Å²) in [6.07, 6.45) is 5.82. The predicted octanol–water partition coefficient (Wildman–Crippen LogP) is 2.38. The average molecular weight is 402 g/mol. The average Bonchev–Trinajstić information content (AvgIpc) is 2.96. The molecule has 3 rings (SSSR count). The van der Waals surface area contributed by atoms with Crippen molar-refractivity contribution in [3.8, 4) is 0 Å². The Bertz CT molecular complexity index is 686. The van der Waals surface area contributed by atoms with Crippen LogP contribution in [0.25, 0.3) is 0 Å². The minimum absolute atomic E-state index is 0.00443. The number of hydrogen-bond acceptors (Lipinski definition) is 4. The minimum atomic E-state index is -0.354. The van der Waals surface area contributed by atoms with E-state index >= 15 is 0 Å². The number of pyridine rings is 1. The van der Waals surface area contributed by atoms with Crippen molar-refractivity contribution < 1.29 is 9.59 Å². The molecule has 29 heavy (non-hydrogen) atoms. The van der Waals surface area contributed by atoms with Gasteiger partial charge < -0.3 is 15.1 Å². The first kappa shape index (κ1) is 21.6. The number of urea groups is 1. The maximum absolute atomic E-state index is 13.2. The molecule has 0 aliphatic carbocycles. The summed E-state index contributed by atoms with van der Waals surface area (Å²) in [6, 6.07) is 5.76. The molecule has 1 spiro atoms. The predicted molar refractivity (Wildman–Crippen MR) is 113 cm³/mol. The molecule has 160 valence electrons. The summed E-state index contributed by atoms with van der Waals surface area (Å²) in [5.41, 5.74) is 0.645. The van der Waals surface area contributed by atoms with E-state index in [9.17, 15) is 9.59 Å². The SMILES string of the molecule is CCCNC(=O)N1CCC2(CC1)NC(CC(C)C)C(=O)N2CCc1ccccn1. The van der Waals surface area contributed by atoms with E-state index < -0.39 is 0 Å². The Morgan fingerprint density at radius 2 is 2.10 bits per heavy atom. The summed E-state index contributed by atoms with van der Waals surface area (Å²) < 4.78 is 0. The van der Waals surface area contributed by atoms with Gasteiger partial charge in [0.15, 0.2) is 0 Å². The van der Waals surface area contributed by atoms with Gasteiger partial charge in [0, 0.05) is 57.3 Å². The molecule has 1 unspecified atom stereocenters. The first-order chi connectivity index (χ1) is 13.9. The molecule has 0 saturated carbocycles. The van der Waals surface area contributed by atoms with Gasteiger partial charge in [0.1, 0.15) is 0 Å². The number of likely N-dealkylation sites (tertiary alicyclic amines) is 1. The molecular formula is C22H35N5O2. The zero-order valence-corrected chi connectivity index (χ0v) is 18.0. The first-order valence-electron chi connectivity index (χ1n) is 11.0. The molecule has 3 amide bonds. The number of hydrogen-bond donors (Lipinski definition) is 2. The molecule has 1 atom stereocenters. The lowest BCUT2D eigenvalue weighted by Gasteiger charge is -2.44. The molecule has 2 fully saturated rings. The van der Waals surface area contributed by atoms with Gasteiger partial charge in [-0.1, -0.05) is 26.8 Å². The largest absolute Gasteiger partial charge is 0.338 e. The Morgan fingerprint density at radius 3 is 2.72 bits per heavy atom. The van der Waals surface area contributed by atoms with Crippen molar-refractivity contribution in [1.29, 1.82) is 0 Å². The maximum atomic E-state index is 13.2. The zero-order valence-electron chi connectivity index (χ0n) is 18.0. The third-order valence-corrected chi connectivity index (χ3v) is 5.95. The third kappa shape index (κ3) is 5.07. The van der Waals surface area contributed by atoms with E-state index in [2.05, 4.69) is 29.5 Å². The van der Waals surface area contributed by atoms with Gasteiger partial charge in [0.2, 0.25) is 5.91 Å². The molecule has 7 nitrogen and oxygen atoms in total. The van der Waals surface area contributed by atoms with Crippen LogP contribution in [0.1, 0.15) is 52.1 Å². The van der Waals surface area contributed by atoms with Gasteiger partial charge in [-0.15, -0.1) is 0 Å². The fourth-order valence-corrected chi connectivity index (χ4v) is 4.43. The van der Waals surface area contributed by atoms with Crippen molar-refractivity contribution in [2.75, 3.05) is 26.2 Å². The Balaban J connectivity index is 1.69. The molecule has 2 saturated heterocycles. The van der Waals surface area contributed by atoms with Gasteiger partial charge in [-0.05, 0) is 30.9 Å². The Labute approximate surface area is 174 Å². The fraction of sp³-hybridized carbons (Fsp3) is 0.682. The number of carbonyl (C=O) groups is 2. The van der Waals surface area contributed by atoms with Crippen LogP contribution in [-0.4, -0.2) is 64.6 Å². The third-order valence-electron chi connectivity index (χ3n) is 5.95. The first-order valence-corrected chi connectivity index (χ1v) is 11.0. The van der Waals surface area contributed by atoms with Crippen LogP contribution in [0.2, 0.25) is 0 Å². The van der Waals surface area contributed by atoms with Gasteiger partial charge in [0.05, 0.1) is 11.7 Å². The summed E-state index contributed by atoms with van der Waals surface area (Å²) in [5.74, 6) is 0.641. The molecule has 1 aromatic rings. The Morgan fingerprint density at radius 1 is 1.34 bits per heavy atom. The topological polar surface area (TPSA) is 77.6 Å². The van der Waals surface area contributed by atoms with Crippen LogP contribution in [0.4, 0.5) is 4.79 Å². The summed E-state index contributed by atoms with van der Waals surface area (Å²) >= 11 is 0. The number of piperidine rings is 1. The van der Waals surface area contributed by atoms with Crippen molar-refractivity contribution in [2.24, 2.45) is 5.92 Å². The minimum Gasteiger partial charge on any atom is -0.338 e. The standard InChI is InChI=1S/C22H35N5O2/c1-4-11-24-21(29)26-14-9-22(10-15-26)25-19(16-17(2)3)20(28)27(22)13-8-18-7-5-6-12-23-18/h5-7,12,17,19,25H,4,8-11,13-16H2,1-3H3,(H,24,29). The van der Waals surface area contributed by atoms with Gasteiger partial charge in [-0.2, -0.15) is 0 Å². The molecule has 1 aromatic heterocycles. The van der Waals surface area contributed by atoms with E-state index in [0.29, 0.717) is 32.1 Å². The highest BCUT2D eigenvalue weighted by molar-refractivity contribution is 5.85. The van der Waals surface area contributed by atoms with Crippen LogP contribution in [0, 0.1) is 5.92 Å². The van der Waals surface area contributed by atoms with Crippen LogP contribution < -0.4 is 10.6 Å². The summed E-state index contributed by atoms with van der Waals surface area (Å²) in [7, 11) is 0. The maximum Gasteiger partial charge on any atom is 0.317 e. The normalized spacial score (nSPS) is 21.2. The molecule has 0 radical (unpaired) electrons. The van der Waals surface area contributed by atoms with E-state index in [1.807, 2.05) is 34.9 Å². The summed E-state index contributed by atoms with van der Waals surface area (Å²) in [5, 5.41) is 6.63. The Hall–Kier alpha value is -2.15. The monoisotopic (exact) mass is 401 g/mol. The molecule has 0 aromatic carbocycles. The quantitative estimate of drug-likeness (QED) is 0.735. The molecule has 0 bridgehead atoms. The molecule has 2 aliphatic rings. The molecule has 2 aliphatic heterocycles. The van der Waals surface area contributed by atoms with Gasteiger partial charge in [0.25, 0.3) is 0 Å². The van der Waals surface area contributed by atoms with Crippen LogP contribution in [0.15, 0.2) is 24.4 Å². The van der Waals surface area contributed by atoms with Crippen molar-refractivity contribution in [3.05, 3.63) is 30.1 Å². The number of amides is 3. The lowest BCUT2D eigenvalue weighted by Crippen LogP contribution is -2.60. The molecule has 2 N–H and O–H groups in total. The lowest BCUT2D eigenvalue weighted by molar-refractivity contribution is -0.133. The second-order valence-corrected chi connectivity index (χ2v) is 8.64. The van der Waals surface area contributed by atoms with Crippen molar-refractivity contribution in [1.82, 2.24) is 25.4 Å². The molecule has 7 heteroatoms. The van der Waals surface area contributed by atoms with Gasteiger partial charge >= 0.3 is 6.03 Å². The van der Waals surface area contributed by atoms with Gasteiger partial charge in [-0.25, -0.2) is 4.79 Å². The van der Waals surface area contributed by atoms with E-state index in [1.165, 1.54) is 0 Å². The van der Waals surface area contributed by atoms with Crippen LogP contribution in [-0.2, 0) is 11.2 Å². The van der Waals surface area contributed by atoms with Crippen LogP contribution >= 0.6 is 0 Å². The fourth-order valence-electron chi connectivity index (χ4n) is 4.43. The second-order valence-electron chi connectivity index (χ2n) is 8.64. The number of nitrogens with one attached hydrogen (secondary N) is 2. The summed E-state index contributed by atoms with van der Waals surface area (Å²) in [6.45, 7) is 9.02. The van der Waals surface area contributed by atoms with Crippen molar-refractivity contribution in [2.45, 2.75) is 64.6 Å². The number of aromatic nitrogens is 1. The Kier molecular flexibility index (Phi) is 7.11. The van der Waals surface area contributed by atoms with Crippen LogP contribution in [0.5, 0.6) is 0 Å². The number of rotatable bonds is 7. The van der Waals surface area contributed by atoms with Crippen molar-refractivity contribution >= 4 is 11.9 Å². The highest BCUT2D eigenvalue weighted by Gasteiger charge is 2.51. The van der Waals surface area contributed by atoms with Gasteiger partial charge in [-0.3, -0.25) is 15.1 Å². The van der Waals surface area contributed by atoms with Crippen molar-refractivity contribution in [3.63, 3.8) is 0 Å². The second kappa shape index (κ2) is 9.57. The lowest BCUT2D eigenvalue weighted by atomic mass is 9.95. The van der Waals surface area contributed by atoms with E-state index in [4.69, 9.17) is 0 Å². The highest BCUT2D eigenvalue weighted by atomic mass is 16.2. The number of nitrogens with zero attached hydrogens (tertiary/aromatic N) is 3. The van der Waals surface area contributed by atoms with Crippen LogP contribution in [0.3, 0.4) is 0 Å². The smallest absolute Gasteiger partial charge is 0.317 e. The van der Waals surface area contributed by atoms with E-state index in [0.717, 1.165) is 37.8 Å². The van der Waals surface area contributed by atoms with E-state index in [-0.39, 0.29) is 23.6 Å². The highest BCUT2D eigenvalue weighted by Crippen LogP contribution is 2.34.